The summed E-state index contributed by atoms with van der Waals surface area (Å²) in [6, 6.07) is 0. The molecular formula is C26H50O2. The lowest BCUT2D eigenvalue weighted by molar-refractivity contribution is -0.132. The van der Waals surface area contributed by atoms with Gasteiger partial charge in [-0.25, -0.2) is 4.79 Å². The number of unbranched alkanes of at least 4 members (excludes halogenated alkanes) is 15. The molecule has 1 atom stereocenters. The number of carboxylic acid groups (broad SMARTS) is 1. The predicted octanol–water partition coefficient (Wildman–Crippen LogP) is 9.09. The van der Waals surface area contributed by atoms with Crippen LogP contribution in [0.2, 0.25) is 0 Å². The monoisotopic (exact) mass is 394 g/mol. The third-order valence-corrected chi connectivity index (χ3v) is 6.14. The van der Waals surface area contributed by atoms with E-state index in [1.54, 1.807) is 6.92 Å². The molecule has 0 aromatic rings. The molecule has 166 valence electrons. The Hall–Kier alpha value is -0.790. The van der Waals surface area contributed by atoms with Crippen molar-refractivity contribution in [3.05, 3.63) is 11.6 Å². The van der Waals surface area contributed by atoms with Crippen LogP contribution in [0.15, 0.2) is 11.6 Å². The average Bonchev–Trinajstić information content (AvgIpc) is 2.69. The zero-order chi connectivity index (χ0) is 20.9. The molecule has 0 aromatic heterocycles. The summed E-state index contributed by atoms with van der Waals surface area (Å²) in [5, 5.41) is 8.92. The van der Waals surface area contributed by atoms with Crippen LogP contribution in [0.5, 0.6) is 0 Å². The number of carbonyl (C=O) groups is 1. The highest BCUT2D eigenvalue weighted by atomic mass is 16.4. The number of allylic oxidation sites excluding steroid dienone is 1. The topological polar surface area (TPSA) is 37.3 Å². The van der Waals surface area contributed by atoms with Crippen molar-refractivity contribution in [2.45, 2.75) is 143 Å². The van der Waals surface area contributed by atoms with Gasteiger partial charge in [-0.05, 0) is 19.3 Å². The van der Waals surface area contributed by atoms with E-state index in [9.17, 15) is 4.79 Å². The van der Waals surface area contributed by atoms with Crippen molar-refractivity contribution in [1.82, 2.24) is 0 Å². The zero-order valence-electron chi connectivity index (χ0n) is 19.4. The van der Waals surface area contributed by atoms with Gasteiger partial charge in [0.05, 0.1) is 0 Å². The van der Waals surface area contributed by atoms with Gasteiger partial charge in [0, 0.05) is 5.57 Å². The summed E-state index contributed by atoms with van der Waals surface area (Å²) in [4.78, 5) is 10.8. The van der Waals surface area contributed by atoms with Crippen LogP contribution in [0.25, 0.3) is 0 Å². The second-order valence-corrected chi connectivity index (χ2v) is 8.79. The van der Waals surface area contributed by atoms with Crippen molar-refractivity contribution in [2.24, 2.45) is 5.92 Å². The van der Waals surface area contributed by atoms with Gasteiger partial charge in [-0.1, -0.05) is 135 Å². The minimum absolute atomic E-state index is 0.491. The van der Waals surface area contributed by atoms with Gasteiger partial charge in [-0.15, -0.1) is 0 Å². The van der Waals surface area contributed by atoms with Crippen molar-refractivity contribution < 1.29 is 9.90 Å². The fraction of sp³-hybridized carbons (Fsp3) is 0.885. The summed E-state index contributed by atoms with van der Waals surface area (Å²) in [5.41, 5.74) is 0.491. The van der Waals surface area contributed by atoms with Gasteiger partial charge >= 0.3 is 5.97 Å². The van der Waals surface area contributed by atoms with Crippen molar-refractivity contribution in [3.63, 3.8) is 0 Å². The first-order chi connectivity index (χ1) is 13.6. The molecule has 0 aliphatic carbocycles. The molecule has 1 unspecified atom stereocenters. The van der Waals surface area contributed by atoms with Crippen molar-refractivity contribution >= 4 is 5.97 Å². The number of hydrogen-bond acceptors (Lipinski definition) is 1. The summed E-state index contributed by atoms with van der Waals surface area (Å²) in [7, 11) is 0. The maximum Gasteiger partial charge on any atom is 0.330 e. The van der Waals surface area contributed by atoms with Crippen LogP contribution in [0.1, 0.15) is 143 Å². The van der Waals surface area contributed by atoms with Crippen LogP contribution in [0.4, 0.5) is 0 Å². The molecule has 0 aromatic carbocycles. The average molecular weight is 395 g/mol. The molecule has 0 bridgehead atoms. The number of aliphatic carboxylic acids is 1. The van der Waals surface area contributed by atoms with E-state index in [1.807, 2.05) is 6.08 Å². The summed E-state index contributed by atoms with van der Waals surface area (Å²) >= 11 is 0. The van der Waals surface area contributed by atoms with Crippen LogP contribution in [-0.2, 0) is 4.79 Å². The smallest absolute Gasteiger partial charge is 0.330 e. The Morgan fingerprint density at radius 3 is 1.46 bits per heavy atom. The Bertz CT molecular complexity index is 373. The lowest BCUT2D eigenvalue weighted by Crippen LogP contribution is -2.01. The van der Waals surface area contributed by atoms with Gasteiger partial charge in [-0.3, -0.25) is 0 Å². The first-order valence-corrected chi connectivity index (χ1v) is 12.5. The van der Waals surface area contributed by atoms with Gasteiger partial charge in [0.15, 0.2) is 0 Å². The Morgan fingerprint density at radius 2 is 1.11 bits per heavy atom. The van der Waals surface area contributed by atoms with Crippen molar-refractivity contribution in [1.29, 1.82) is 0 Å². The largest absolute Gasteiger partial charge is 0.478 e. The minimum atomic E-state index is -0.780. The van der Waals surface area contributed by atoms with E-state index in [2.05, 4.69) is 13.8 Å². The first-order valence-electron chi connectivity index (χ1n) is 12.5. The lowest BCUT2D eigenvalue weighted by Gasteiger charge is -2.12. The number of carboxylic acids is 1. The fourth-order valence-corrected chi connectivity index (χ4v) is 3.90. The number of rotatable bonds is 21. The minimum Gasteiger partial charge on any atom is -0.478 e. The standard InChI is InChI=1S/C26H50O2/c1-4-6-7-8-9-10-11-12-13-14-15-16-17-18-19-20-21-25(5-2)23-22-24(3)26(27)28/h22,25H,4-21,23H2,1-3H3,(H,27,28). The molecule has 0 aliphatic rings. The highest BCUT2D eigenvalue weighted by Crippen LogP contribution is 2.20. The van der Waals surface area contributed by atoms with Gasteiger partial charge in [0.1, 0.15) is 0 Å². The SMILES string of the molecule is CCCCCCCCCCCCCCCCCCC(CC)CC=C(C)C(=O)O. The van der Waals surface area contributed by atoms with Gasteiger partial charge in [0.2, 0.25) is 0 Å². The maximum absolute atomic E-state index is 10.8. The Morgan fingerprint density at radius 1 is 0.714 bits per heavy atom. The normalized spacial score (nSPS) is 13.0. The van der Waals surface area contributed by atoms with Crippen molar-refractivity contribution in [3.8, 4) is 0 Å². The second-order valence-electron chi connectivity index (χ2n) is 8.79. The van der Waals surface area contributed by atoms with Crippen LogP contribution in [0.3, 0.4) is 0 Å². The molecule has 0 rings (SSSR count). The summed E-state index contributed by atoms with van der Waals surface area (Å²) in [6.07, 6.45) is 27.8. The molecule has 1 N–H and O–H groups in total. The molecule has 0 radical (unpaired) electrons. The van der Waals surface area contributed by atoms with E-state index in [0.29, 0.717) is 11.5 Å². The lowest BCUT2D eigenvalue weighted by atomic mass is 9.94. The third kappa shape index (κ3) is 18.6. The summed E-state index contributed by atoms with van der Waals surface area (Å²) < 4.78 is 0. The first kappa shape index (κ1) is 27.2. The molecular weight excluding hydrogens is 344 g/mol. The molecule has 2 heteroatoms. The highest BCUT2D eigenvalue weighted by molar-refractivity contribution is 5.85. The molecule has 0 heterocycles. The van der Waals surface area contributed by atoms with E-state index in [4.69, 9.17) is 5.11 Å². The van der Waals surface area contributed by atoms with Gasteiger partial charge in [0.25, 0.3) is 0 Å². The molecule has 0 spiro atoms. The van der Waals surface area contributed by atoms with E-state index >= 15 is 0 Å². The molecule has 0 fully saturated rings. The van der Waals surface area contributed by atoms with E-state index in [1.165, 1.54) is 109 Å². The molecule has 0 aliphatic heterocycles. The molecule has 2 nitrogen and oxygen atoms in total. The second kappa shape index (κ2) is 20.9. The summed E-state index contributed by atoms with van der Waals surface area (Å²) in [5.74, 6) is -0.127. The zero-order valence-corrected chi connectivity index (χ0v) is 19.4. The quantitative estimate of drug-likeness (QED) is 0.156. The third-order valence-electron chi connectivity index (χ3n) is 6.14. The molecule has 28 heavy (non-hydrogen) atoms. The Labute approximate surface area is 176 Å². The summed E-state index contributed by atoms with van der Waals surface area (Å²) in [6.45, 7) is 6.21. The molecule has 0 saturated carbocycles. The van der Waals surface area contributed by atoms with Crippen LogP contribution < -0.4 is 0 Å². The van der Waals surface area contributed by atoms with Gasteiger partial charge in [-0.2, -0.15) is 0 Å². The Kier molecular flexibility index (Phi) is 20.3. The predicted molar refractivity (Wildman–Crippen MR) is 124 cm³/mol. The van der Waals surface area contributed by atoms with Crippen LogP contribution >= 0.6 is 0 Å². The van der Waals surface area contributed by atoms with Crippen molar-refractivity contribution in [2.75, 3.05) is 0 Å². The van der Waals surface area contributed by atoms with Crippen LogP contribution in [-0.4, -0.2) is 11.1 Å². The highest BCUT2D eigenvalue weighted by Gasteiger charge is 2.06. The Balaban J connectivity index is 3.34. The van der Waals surface area contributed by atoms with E-state index < -0.39 is 5.97 Å². The maximum atomic E-state index is 10.8. The number of hydrogen-bond donors (Lipinski definition) is 1. The molecule has 0 amide bonds. The van der Waals surface area contributed by atoms with Crippen LogP contribution in [0, 0.1) is 5.92 Å². The molecule has 0 saturated heterocycles. The van der Waals surface area contributed by atoms with E-state index in [-0.39, 0.29) is 0 Å². The van der Waals surface area contributed by atoms with Gasteiger partial charge < -0.3 is 5.11 Å². The van der Waals surface area contributed by atoms with E-state index in [0.717, 1.165) is 12.8 Å². The fourth-order valence-electron chi connectivity index (χ4n) is 3.90.